The molecule has 190 valence electrons. The molecule has 3 aromatic rings. The van der Waals surface area contributed by atoms with Crippen molar-refractivity contribution in [2.75, 3.05) is 0 Å². The monoisotopic (exact) mass is 530 g/mol. The number of thioether (sulfide) groups is 1. The van der Waals surface area contributed by atoms with Crippen LogP contribution in [-0.4, -0.2) is 28.0 Å². The van der Waals surface area contributed by atoms with E-state index in [1.54, 1.807) is 11.8 Å². The number of hydrogen-bond acceptors (Lipinski definition) is 3. The number of fused-ring (bicyclic) bond motifs is 1. The highest BCUT2D eigenvalue weighted by atomic mass is 35.5. The molecule has 3 atom stereocenters. The second-order valence-corrected chi connectivity index (χ2v) is 11.5. The molecule has 0 aromatic heterocycles. The van der Waals surface area contributed by atoms with Crippen LogP contribution in [0.2, 0.25) is 5.02 Å². The summed E-state index contributed by atoms with van der Waals surface area (Å²) in [6.07, 6.45) is 6.49. The molecule has 1 heterocycles. The van der Waals surface area contributed by atoms with Gasteiger partial charge in [-0.05, 0) is 66.8 Å². The summed E-state index contributed by atoms with van der Waals surface area (Å²) in [6, 6.07) is 25.3. The molecule has 1 saturated heterocycles. The Balaban J connectivity index is 1.32. The molecule has 0 spiro atoms. The SMILES string of the molecule is CC(NC(=O)c1ccc(/C=C2/SC3CCCCC3N(Cc3cccc(Cl)c3)C2=O)cc1)c1ccccc1. The van der Waals surface area contributed by atoms with E-state index in [-0.39, 0.29) is 23.9 Å². The Kier molecular flexibility index (Phi) is 8.02. The Morgan fingerprint density at radius 3 is 2.57 bits per heavy atom. The van der Waals surface area contributed by atoms with Crippen LogP contribution < -0.4 is 5.32 Å². The van der Waals surface area contributed by atoms with Crippen molar-refractivity contribution < 1.29 is 9.59 Å². The lowest BCUT2D eigenvalue weighted by atomic mass is 9.92. The molecule has 1 aliphatic heterocycles. The van der Waals surface area contributed by atoms with Crippen LogP contribution in [0.5, 0.6) is 0 Å². The summed E-state index contributed by atoms with van der Waals surface area (Å²) in [4.78, 5) is 29.2. The van der Waals surface area contributed by atoms with Crippen LogP contribution in [0.15, 0.2) is 83.8 Å². The highest BCUT2D eigenvalue weighted by molar-refractivity contribution is 8.04. The van der Waals surface area contributed by atoms with Crippen molar-refractivity contribution in [2.24, 2.45) is 0 Å². The Hall–Kier alpha value is -3.02. The third kappa shape index (κ3) is 6.11. The van der Waals surface area contributed by atoms with E-state index in [2.05, 4.69) is 5.32 Å². The predicted molar refractivity (Wildman–Crippen MR) is 152 cm³/mol. The smallest absolute Gasteiger partial charge is 0.260 e. The van der Waals surface area contributed by atoms with Crippen molar-refractivity contribution >= 4 is 41.3 Å². The van der Waals surface area contributed by atoms with Crippen molar-refractivity contribution in [3.8, 4) is 0 Å². The maximum atomic E-state index is 13.6. The largest absolute Gasteiger partial charge is 0.346 e. The zero-order valence-electron chi connectivity index (χ0n) is 20.9. The standard InChI is InChI=1S/C31H31ClN2O2S/c1-21(24-9-3-2-4-10-24)33-30(35)25-16-14-22(15-17-25)19-29-31(36)34(20-23-8-7-11-26(32)18-23)27-12-5-6-13-28(27)37-29/h2-4,7-11,14-19,21,27-28H,5-6,12-13,20H2,1H3,(H,33,35)/b29-19+. The number of nitrogens with one attached hydrogen (secondary N) is 1. The van der Waals surface area contributed by atoms with Gasteiger partial charge < -0.3 is 10.2 Å². The minimum atomic E-state index is -0.114. The van der Waals surface area contributed by atoms with Gasteiger partial charge in [-0.2, -0.15) is 0 Å². The maximum Gasteiger partial charge on any atom is 0.260 e. The second kappa shape index (κ2) is 11.6. The van der Waals surface area contributed by atoms with E-state index in [1.165, 1.54) is 6.42 Å². The van der Waals surface area contributed by atoms with Crippen molar-refractivity contribution in [1.82, 2.24) is 10.2 Å². The van der Waals surface area contributed by atoms with Crippen molar-refractivity contribution in [3.05, 3.63) is 111 Å². The summed E-state index contributed by atoms with van der Waals surface area (Å²) in [5.74, 6) is -0.0388. The zero-order chi connectivity index (χ0) is 25.8. The minimum absolute atomic E-state index is 0.0756. The lowest BCUT2D eigenvalue weighted by molar-refractivity contribution is -0.130. The average Bonchev–Trinajstić information content (AvgIpc) is 2.92. The van der Waals surface area contributed by atoms with E-state index in [4.69, 9.17) is 11.6 Å². The first-order valence-electron chi connectivity index (χ1n) is 12.9. The van der Waals surface area contributed by atoms with Crippen LogP contribution in [0.4, 0.5) is 0 Å². The van der Waals surface area contributed by atoms with E-state index in [0.717, 1.165) is 40.9 Å². The molecule has 1 N–H and O–H groups in total. The summed E-state index contributed by atoms with van der Waals surface area (Å²) in [6.45, 7) is 2.54. The summed E-state index contributed by atoms with van der Waals surface area (Å²) >= 11 is 7.94. The first-order chi connectivity index (χ1) is 18.0. The molecule has 0 radical (unpaired) electrons. The number of benzene rings is 3. The van der Waals surface area contributed by atoms with Gasteiger partial charge in [0.25, 0.3) is 11.8 Å². The molecular formula is C31H31ClN2O2S. The first-order valence-corrected chi connectivity index (χ1v) is 14.1. The van der Waals surface area contributed by atoms with Crippen LogP contribution in [0.1, 0.15) is 65.7 Å². The molecule has 6 heteroatoms. The number of nitrogens with zero attached hydrogens (tertiary/aromatic N) is 1. The molecule has 1 saturated carbocycles. The molecule has 0 bridgehead atoms. The number of halogens is 1. The molecule has 2 fully saturated rings. The van der Waals surface area contributed by atoms with Gasteiger partial charge >= 0.3 is 0 Å². The Bertz CT molecular complexity index is 1290. The molecule has 4 nitrogen and oxygen atoms in total. The fourth-order valence-electron chi connectivity index (χ4n) is 5.18. The summed E-state index contributed by atoms with van der Waals surface area (Å²) in [7, 11) is 0. The number of hydrogen-bond donors (Lipinski definition) is 1. The summed E-state index contributed by atoms with van der Waals surface area (Å²) < 4.78 is 0. The van der Waals surface area contributed by atoms with E-state index < -0.39 is 0 Å². The van der Waals surface area contributed by atoms with Gasteiger partial charge in [0.2, 0.25) is 0 Å². The fraction of sp³-hybridized carbons (Fsp3) is 0.290. The van der Waals surface area contributed by atoms with E-state index in [9.17, 15) is 9.59 Å². The molecule has 2 amide bonds. The maximum absolute atomic E-state index is 13.6. The van der Waals surface area contributed by atoms with Gasteiger partial charge in [0.1, 0.15) is 0 Å². The number of amides is 2. The minimum Gasteiger partial charge on any atom is -0.346 e. The van der Waals surface area contributed by atoms with Crippen LogP contribution in [0.25, 0.3) is 6.08 Å². The van der Waals surface area contributed by atoms with Crippen molar-refractivity contribution in [1.29, 1.82) is 0 Å². The third-order valence-electron chi connectivity index (χ3n) is 7.18. The van der Waals surface area contributed by atoms with Crippen LogP contribution >= 0.6 is 23.4 Å². The number of rotatable bonds is 6. The zero-order valence-corrected chi connectivity index (χ0v) is 22.5. The van der Waals surface area contributed by atoms with Gasteiger partial charge in [-0.3, -0.25) is 9.59 Å². The lowest BCUT2D eigenvalue weighted by Crippen LogP contribution is -2.50. The molecular weight excluding hydrogens is 500 g/mol. The van der Waals surface area contributed by atoms with Gasteiger partial charge in [0, 0.05) is 28.4 Å². The van der Waals surface area contributed by atoms with Crippen molar-refractivity contribution in [3.63, 3.8) is 0 Å². The first kappa shape index (κ1) is 25.6. The van der Waals surface area contributed by atoms with Gasteiger partial charge in [-0.25, -0.2) is 0 Å². The van der Waals surface area contributed by atoms with E-state index >= 15 is 0 Å². The van der Waals surface area contributed by atoms with E-state index in [1.807, 2.05) is 96.8 Å². The normalized spacial score (nSPS) is 21.4. The van der Waals surface area contributed by atoms with E-state index in [0.29, 0.717) is 22.4 Å². The molecule has 3 unspecified atom stereocenters. The molecule has 2 aliphatic rings. The lowest BCUT2D eigenvalue weighted by Gasteiger charge is -2.44. The Morgan fingerprint density at radius 2 is 1.81 bits per heavy atom. The highest BCUT2D eigenvalue weighted by Crippen LogP contribution is 2.42. The predicted octanol–water partition coefficient (Wildman–Crippen LogP) is 7.26. The molecule has 3 aromatic carbocycles. The van der Waals surface area contributed by atoms with Gasteiger partial charge in [-0.15, -0.1) is 11.8 Å². The number of carbonyl (C=O) groups excluding carboxylic acids is 2. The van der Waals surface area contributed by atoms with Gasteiger partial charge in [0.15, 0.2) is 0 Å². The quantitative estimate of drug-likeness (QED) is 0.341. The highest BCUT2D eigenvalue weighted by Gasteiger charge is 2.40. The Labute approximate surface area is 228 Å². The third-order valence-corrected chi connectivity index (χ3v) is 8.81. The van der Waals surface area contributed by atoms with Gasteiger partial charge in [-0.1, -0.05) is 79.0 Å². The van der Waals surface area contributed by atoms with Crippen LogP contribution in [0, 0.1) is 0 Å². The summed E-state index contributed by atoms with van der Waals surface area (Å²) in [5.41, 5.74) is 3.63. The molecule has 37 heavy (non-hydrogen) atoms. The van der Waals surface area contributed by atoms with Crippen molar-refractivity contribution in [2.45, 2.75) is 56.5 Å². The summed E-state index contributed by atoms with van der Waals surface area (Å²) in [5, 5.41) is 4.15. The molecule has 1 aliphatic carbocycles. The number of carbonyl (C=O) groups is 2. The van der Waals surface area contributed by atoms with Crippen LogP contribution in [0.3, 0.4) is 0 Å². The second-order valence-electron chi connectivity index (χ2n) is 9.81. The molecule has 5 rings (SSSR count). The average molecular weight is 531 g/mol. The Morgan fingerprint density at radius 1 is 1.05 bits per heavy atom. The topological polar surface area (TPSA) is 49.4 Å². The fourth-order valence-corrected chi connectivity index (χ4v) is 6.87. The van der Waals surface area contributed by atoms with Crippen LogP contribution in [-0.2, 0) is 11.3 Å². The van der Waals surface area contributed by atoms with Gasteiger partial charge in [0.05, 0.1) is 10.9 Å².